The number of allylic oxidation sites excluding steroid dienone is 6. The van der Waals surface area contributed by atoms with E-state index < -0.39 is 0 Å². The van der Waals surface area contributed by atoms with Crippen LogP contribution < -0.4 is 0 Å². The van der Waals surface area contributed by atoms with E-state index in [4.69, 9.17) is 0 Å². The van der Waals surface area contributed by atoms with Gasteiger partial charge in [0.15, 0.2) is 0 Å². The maximum absolute atomic E-state index is 3.50. The van der Waals surface area contributed by atoms with Gasteiger partial charge in [0.25, 0.3) is 0 Å². The number of hydrogen-bond acceptors (Lipinski definition) is 0. The molecule has 0 bridgehead atoms. The highest BCUT2D eigenvalue weighted by Crippen LogP contribution is 2.50. The molecule has 0 N–H and O–H groups in total. The van der Waals surface area contributed by atoms with Crippen LogP contribution in [0.25, 0.3) is 0 Å². The lowest BCUT2D eigenvalue weighted by atomic mass is 10.00. The topological polar surface area (TPSA) is 0 Å². The molecule has 0 aliphatic heterocycles. The Hall–Kier alpha value is -0.780. The fourth-order valence-corrected chi connectivity index (χ4v) is 1.31. The highest BCUT2D eigenvalue weighted by Gasteiger charge is 2.39. The van der Waals surface area contributed by atoms with Crippen molar-refractivity contribution in [3.63, 3.8) is 0 Å². The third kappa shape index (κ3) is 1.62. The second kappa shape index (κ2) is 2.69. The van der Waals surface area contributed by atoms with Gasteiger partial charge in [0.1, 0.15) is 0 Å². The van der Waals surface area contributed by atoms with Gasteiger partial charge in [-0.25, -0.2) is 0 Å². The van der Waals surface area contributed by atoms with E-state index in [-0.39, 0.29) is 0 Å². The molecule has 2 rings (SSSR count). The van der Waals surface area contributed by atoms with E-state index in [1.165, 1.54) is 12.8 Å². The van der Waals surface area contributed by atoms with Crippen molar-refractivity contribution in [2.75, 3.05) is 0 Å². The summed E-state index contributed by atoms with van der Waals surface area (Å²) < 4.78 is 0. The third-order valence-corrected chi connectivity index (χ3v) is 2.25. The molecule has 0 saturated heterocycles. The highest BCUT2D eigenvalue weighted by molar-refractivity contribution is 5.24. The van der Waals surface area contributed by atoms with E-state index in [1.54, 1.807) is 0 Å². The molecule has 0 heterocycles. The molecular formula is C11H12. The Morgan fingerprint density at radius 1 is 1.00 bits per heavy atom. The van der Waals surface area contributed by atoms with Crippen LogP contribution in [0.3, 0.4) is 0 Å². The fraction of sp³-hybridized carbons (Fsp3) is 0.364. The molecule has 56 valence electrons. The molecule has 0 nitrogen and oxygen atoms in total. The average molecular weight is 144 g/mol. The fourth-order valence-electron chi connectivity index (χ4n) is 1.31. The molecule has 1 saturated carbocycles. The largest absolute Gasteiger partial charge is 0.0839 e. The van der Waals surface area contributed by atoms with Gasteiger partial charge >= 0.3 is 0 Å². The first-order chi connectivity index (χ1) is 5.41. The number of rotatable bonds is 0. The lowest BCUT2D eigenvalue weighted by Gasteiger charge is -2.04. The Labute approximate surface area is 68.3 Å². The zero-order chi connectivity index (χ0) is 7.57. The van der Waals surface area contributed by atoms with Crippen LogP contribution in [0.15, 0.2) is 36.5 Å². The molecule has 2 aliphatic carbocycles. The van der Waals surface area contributed by atoms with Crippen molar-refractivity contribution in [1.29, 1.82) is 0 Å². The van der Waals surface area contributed by atoms with Gasteiger partial charge in [-0.15, -0.1) is 0 Å². The van der Waals surface area contributed by atoms with Crippen molar-refractivity contribution in [2.24, 2.45) is 5.41 Å². The summed E-state index contributed by atoms with van der Waals surface area (Å²) >= 11 is 0. The van der Waals surface area contributed by atoms with Gasteiger partial charge in [-0.3, -0.25) is 0 Å². The molecule has 11 heavy (non-hydrogen) atoms. The third-order valence-electron chi connectivity index (χ3n) is 2.25. The predicted molar refractivity (Wildman–Crippen MR) is 46.9 cm³/mol. The predicted octanol–water partition coefficient (Wildman–Crippen LogP) is 2.92. The summed E-state index contributed by atoms with van der Waals surface area (Å²) in [7, 11) is 0. The first kappa shape index (κ1) is 6.90. The van der Waals surface area contributed by atoms with Crippen molar-refractivity contribution in [1.82, 2.24) is 0 Å². The second-order valence-corrected chi connectivity index (χ2v) is 3.21. The second-order valence-electron chi connectivity index (χ2n) is 3.21. The smallest absolute Gasteiger partial charge is 0.00244 e. The quantitative estimate of drug-likeness (QED) is 0.490. The Kier molecular flexibility index (Phi) is 1.69. The monoisotopic (exact) mass is 144 g/mol. The Morgan fingerprint density at radius 2 is 1.82 bits per heavy atom. The molecule has 1 spiro atoms. The van der Waals surface area contributed by atoms with Gasteiger partial charge in [-0.05, 0) is 31.1 Å². The van der Waals surface area contributed by atoms with Gasteiger partial charge < -0.3 is 0 Å². The Balaban J connectivity index is 2.10. The molecule has 0 aromatic heterocycles. The standard InChI is InChI=1S/C11H12/c1-2-4-6-8-11(9-10-11)7-5-3-1/h1-5,7H,6,9-10H2/b3-1-,4-2-,7-5-. The molecule has 1 fully saturated rings. The Morgan fingerprint density at radius 3 is 2.64 bits per heavy atom. The normalized spacial score (nSPS) is 34.9. The summed E-state index contributed by atoms with van der Waals surface area (Å²) in [6, 6.07) is 0. The minimum absolute atomic E-state index is 0.360. The molecule has 2 radical (unpaired) electrons. The van der Waals surface area contributed by atoms with Crippen LogP contribution in [-0.2, 0) is 0 Å². The van der Waals surface area contributed by atoms with Gasteiger partial charge in [-0.2, -0.15) is 0 Å². The summed E-state index contributed by atoms with van der Waals surface area (Å²) in [4.78, 5) is 0. The maximum atomic E-state index is 3.50. The van der Waals surface area contributed by atoms with Gasteiger partial charge in [0.2, 0.25) is 0 Å². The lowest BCUT2D eigenvalue weighted by Crippen LogP contribution is -1.94. The summed E-state index contributed by atoms with van der Waals surface area (Å²) in [5, 5.41) is 0. The molecule has 0 amide bonds. The van der Waals surface area contributed by atoms with E-state index in [1.807, 2.05) is 0 Å². The number of hydrogen-bond donors (Lipinski definition) is 0. The minimum atomic E-state index is 0.360. The van der Waals surface area contributed by atoms with Crippen LogP contribution >= 0.6 is 0 Å². The van der Waals surface area contributed by atoms with Crippen molar-refractivity contribution in [3.8, 4) is 0 Å². The van der Waals surface area contributed by atoms with Crippen LogP contribution in [0.4, 0.5) is 0 Å². The minimum Gasteiger partial charge on any atom is -0.0839 e. The first-order valence-electron chi connectivity index (χ1n) is 4.17. The SMILES string of the molecule is [C]1C\C=C/C=C\C=C/C12CC2. The molecule has 2 aliphatic rings. The van der Waals surface area contributed by atoms with E-state index in [2.05, 4.69) is 42.9 Å². The summed E-state index contributed by atoms with van der Waals surface area (Å²) in [6.07, 6.45) is 19.9. The average Bonchev–Trinajstić information content (AvgIpc) is 2.70. The van der Waals surface area contributed by atoms with Crippen molar-refractivity contribution in [2.45, 2.75) is 19.3 Å². The van der Waals surface area contributed by atoms with Gasteiger partial charge in [0, 0.05) is 0 Å². The molecule has 0 aromatic rings. The molecule has 0 atom stereocenters. The van der Waals surface area contributed by atoms with Gasteiger partial charge in [0.05, 0.1) is 0 Å². The first-order valence-corrected chi connectivity index (χ1v) is 4.17. The maximum Gasteiger partial charge on any atom is -0.00244 e. The molecule has 0 heteroatoms. The van der Waals surface area contributed by atoms with Crippen LogP contribution in [0.5, 0.6) is 0 Å². The molecule has 0 unspecified atom stereocenters. The summed E-state index contributed by atoms with van der Waals surface area (Å²) in [6.45, 7) is 0. The summed E-state index contributed by atoms with van der Waals surface area (Å²) in [5.41, 5.74) is 0.360. The van der Waals surface area contributed by atoms with Gasteiger partial charge in [-0.1, -0.05) is 36.5 Å². The van der Waals surface area contributed by atoms with E-state index in [0.29, 0.717) is 5.41 Å². The zero-order valence-corrected chi connectivity index (χ0v) is 6.59. The van der Waals surface area contributed by atoms with Crippen LogP contribution in [0.2, 0.25) is 0 Å². The van der Waals surface area contributed by atoms with Crippen LogP contribution in [0.1, 0.15) is 19.3 Å². The molecule has 0 aromatic carbocycles. The van der Waals surface area contributed by atoms with Crippen molar-refractivity contribution in [3.05, 3.63) is 42.9 Å². The molecular weight excluding hydrogens is 132 g/mol. The van der Waals surface area contributed by atoms with Crippen molar-refractivity contribution < 1.29 is 0 Å². The lowest BCUT2D eigenvalue weighted by molar-refractivity contribution is 0.750. The van der Waals surface area contributed by atoms with E-state index >= 15 is 0 Å². The van der Waals surface area contributed by atoms with Crippen molar-refractivity contribution >= 4 is 0 Å². The highest BCUT2D eigenvalue weighted by atomic mass is 14.4. The summed E-state index contributed by atoms with van der Waals surface area (Å²) in [5.74, 6) is 0. The zero-order valence-electron chi connectivity index (χ0n) is 6.59. The van der Waals surface area contributed by atoms with Crippen LogP contribution in [0, 0.1) is 11.8 Å². The van der Waals surface area contributed by atoms with E-state index in [9.17, 15) is 0 Å². The van der Waals surface area contributed by atoms with Crippen LogP contribution in [-0.4, -0.2) is 0 Å². The van der Waals surface area contributed by atoms with E-state index in [0.717, 1.165) is 6.42 Å². The Bertz CT molecular complexity index is 214.